The summed E-state index contributed by atoms with van der Waals surface area (Å²) in [6.07, 6.45) is -20.1. The van der Waals surface area contributed by atoms with Crippen molar-refractivity contribution in [2.75, 3.05) is 52.9 Å². The zero-order valence-corrected chi connectivity index (χ0v) is 78.9. The topological polar surface area (TPSA) is 650 Å². The number of hydrogen-bond acceptors (Lipinski definition) is 38. The van der Waals surface area contributed by atoms with Crippen LogP contribution in [-0.2, 0) is 85.5 Å². The normalized spacial score (nSPS) is 36.5. The van der Waals surface area contributed by atoms with E-state index in [2.05, 4.69) is 35.1 Å². The van der Waals surface area contributed by atoms with Gasteiger partial charge in [-0.25, -0.2) is 0 Å². The van der Waals surface area contributed by atoms with Gasteiger partial charge in [-0.1, -0.05) is 231 Å². The van der Waals surface area contributed by atoms with Gasteiger partial charge in [-0.3, -0.25) is 19.2 Å². The summed E-state index contributed by atoms with van der Waals surface area (Å²) in [7, 11) is 0. The van der Waals surface area contributed by atoms with Crippen LogP contribution in [0.2, 0.25) is 0 Å². The van der Waals surface area contributed by atoms with Crippen molar-refractivity contribution in [1.29, 1.82) is 0 Å². The summed E-state index contributed by atoms with van der Waals surface area (Å²) in [5.41, 5.74) is 0. The van der Waals surface area contributed by atoms with Gasteiger partial charge in [0, 0.05) is 27.2 Å². The largest absolute Gasteiger partial charge is 0.394 e. The van der Waals surface area contributed by atoms with Gasteiger partial charge in [0.25, 0.3) is 0 Å². The highest BCUT2D eigenvalue weighted by molar-refractivity contribution is 5.76. The van der Waals surface area contributed by atoms with E-state index in [1.807, 2.05) is 6.08 Å². The third kappa shape index (κ3) is 36.3. The number of rotatable bonds is 64. The van der Waals surface area contributed by atoms with Gasteiger partial charge >= 0.3 is 0 Å². The third-order valence-electron chi connectivity index (χ3n) is 26.2. The summed E-state index contributed by atoms with van der Waals surface area (Å²) in [5.74, 6) is -2.99. The Morgan fingerprint density at radius 2 is 0.560 bits per heavy atom. The predicted molar refractivity (Wildman–Crippen MR) is 475 cm³/mol. The number of carbonyl (C=O) groups is 4. The number of allylic oxidation sites excluding steroid dienone is 1. The fourth-order valence-corrected chi connectivity index (χ4v) is 18.4. The SMILES string of the molecule is CCCCCCCCCCCCC/C=C/[C@@H](O)[C@H](CO[C@@H]1OC(CO)[C@@H](O[C@@H]2OC(CO)[C@H](O)[C@H](O[C@@H]3OC(CO)[C@@H](O)[C@H](O[C@@H]4OC(CO)[C@H](O)[C@H](O[C@@H]5OC(CO)[C@@H](O)[C@H](O[C@@H]6OC(CO)[C@H](O)[C@H](O[C@H]7OC(CO)[C@H](O)[C@H](O)C7NC(C)=O)C6O)C5NC(C)=O)C4O)C3NC(C)=O)C2O)[C@H](O)C1O)NC(=O)CCCCCCCCCCCCCCCCCCCCCCCCC. The number of aliphatic hydroxyl groups excluding tert-OH is 20. The van der Waals surface area contributed by atoms with Crippen LogP contribution in [0.15, 0.2) is 12.2 Å². The van der Waals surface area contributed by atoms with E-state index in [4.69, 9.17) is 66.3 Å². The molecule has 7 saturated heterocycles. The van der Waals surface area contributed by atoms with Gasteiger partial charge in [0.2, 0.25) is 23.6 Å². The van der Waals surface area contributed by atoms with Crippen LogP contribution >= 0.6 is 0 Å². The van der Waals surface area contributed by atoms with Crippen LogP contribution in [0.3, 0.4) is 0 Å². The summed E-state index contributed by atoms with van der Waals surface area (Å²) in [6, 6.07) is -6.57. The van der Waals surface area contributed by atoms with E-state index < -0.39 is 297 Å². The Labute approximate surface area is 787 Å². The van der Waals surface area contributed by atoms with Crippen molar-refractivity contribution in [1.82, 2.24) is 21.3 Å². The number of ether oxygens (including phenoxy) is 14. The molecule has 7 rings (SSSR count). The van der Waals surface area contributed by atoms with Crippen LogP contribution in [0.5, 0.6) is 0 Å². The molecule has 7 heterocycles. The summed E-state index contributed by atoms with van der Waals surface area (Å²) in [4.78, 5) is 52.5. The van der Waals surface area contributed by atoms with Crippen molar-refractivity contribution >= 4 is 23.6 Å². The van der Waals surface area contributed by atoms with E-state index in [1.54, 1.807) is 6.08 Å². The predicted octanol–water partition coefficient (Wildman–Crippen LogP) is -1.34. The standard InChI is InChI=1S/C92H166N4O38/c1-6-8-10-12-14-16-18-20-21-22-23-24-25-26-27-28-29-31-33-35-37-39-41-43-64(108)96-55(56(107)42-40-38-36-34-32-30-19-17-15-13-11-9-7-2)51-121-89-76(117)75(116)80(63(50-103)128-89)129-90-77(118)84(72(113)60(47-100)125-90)133-87-66(94-53(4)105)82(70(111)58(45-98)123-87)131-92-79(120)85(73(114)62(49-102)127-92)134-88-67(95-54(5)106)81(69(110)59(46-99)124-88)130-91-78(119)83(71(112)61(48-101)126-91)132-86-65(93-52(3)104)74(115)68(109)57(44-97)122-86/h40,42,55-63,65-92,97-103,107,109-120H,6-39,41,43-51H2,1-5H3,(H,93,104)(H,94,105)(H,95,106)(H,96,108)/b42-40+/t55-,56+,57?,58?,59?,60?,61?,62?,63?,65?,66?,67?,68-,69+,70+,71-,72-,73-,74+,75+,76?,77?,78?,79?,80+,81+,82+,83-,84-,85-,86+,87-,88-,89+,90-,91-,92-/m0/s1. The molecule has 14 unspecified atom stereocenters. The van der Waals surface area contributed by atoms with Crippen LogP contribution in [0.1, 0.15) is 266 Å². The van der Waals surface area contributed by atoms with E-state index in [1.165, 1.54) is 161 Å². The second-order valence-corrected chi connectivity index (χ2v) is 37.0. The van der Waals surface area contributed by atoms with E-state index in [-0.39, 0.29) is 12.3 Å². The second kappa shape index (κ2) is 63.3. The molecule has 42 nitrogen and oxygen atoms in total. The van der Waals surface area contributed by atoms with Gasteiger partial charge in [-0.15, -0.1) is 0 Å². The fourth-order valence-electron chi connectivity index (χ4n) is 18.4. The van der Waals surface area contributed by atoms with E-state index >= 15 is 0 Å². The Bertz CT molecular complexity index is 3210. The summed E-state index contributed by atoms with van der Waals surface area (Å²) in [5, 5.41) is 237. The Balaban J connectivity index is 0.991. The van der Waals surface area contributed by atoms with Crippen LogP contribution in [-0.4, -0.2) is 406 Å². The molecule has 0 aromatic rings. The summed E-state index contributed by atoms with van der Waals surface area (Å²) >= 11 is 0. The second-order valence-electron chi connectivity index (χ2n) is 37.0. The van der Waals surface area contributed by atoms with Gasteiger partial charge in [-0.2, -0.15) is 0 Å². The number of amides is 4. The molecule has 0 saturated carbocycles. The maximum absolute atomic E-state index is 13.7. The van der Waals surface area contributed by atoms with Gasteiger partial charge in [-0.05, 0) is 19.3 Å². The van der Waals surface area contributed by atoms with E-state index in [0.29, 0.717) is 12.8 Å². The molecular weight excluding hydrogens is 1770 g/mol. The highest BCUT2D eigenvalue weighted by Crippen LogP contribution is 2.40. The van der Waals surface area contributed by atoms with Gasteiger partial charge < -0.3 is 190 Å². The minimum Gasteiger partial charge on any atom is -0.394 e. The molecule has 0 radical (unpaired) electrons. The minimum atomic E-state index is -2.38. The Morgan fingerprint density at radius 3 is 0.888 bits per heavy atom. The van der Waals surface area contributed by atoms with Crippen molar-refractivity contribution in [3.8, 4) is 0 Å². The fraction of sp³-hybridized carbons (Fsp3) is 0.935. The quantitative estimate of drug-likeness (QED) is 0.0248. The molecule has 134 heavy (non-hydrogen) atoms. The van der Waals surface area contributed by atoms with Crippen molar-refractivity contribution in [2.24, 2.45) is 0 Å². The van der Waals surface area contributed by atoms with Crippen molar-refractivity contribution < 1.29 is 188 Å². The lowest BCUT2D eigenvalue weighted by Gasteiger charge is -2.51. The van der Waals surface area contributed by atoms with E-state index in [0.717, 1.165) is 72.1 Å². The first-order chi connectivity index (χ1) is 64.4. The summed E-state index contributed by atoms with van der Waals surface area (Å²) in [6.45, 7) is -0.337. The molecule has 0 aromatic carbocycles. The van der Waals surface area contributed by atoms with Crippen LogP contribution < -0.4 is 21.3 Å². The molecule has 37 atom stereocenters. The molecular formula is C92H166N4O38. The molecule has 0 aliphatic carbocycles. The van der Waals surface area contributed by atoms with Gasteiger partial charge in [0.05, 0.1) is 65.0 Å². The smallest absolute Gasteiger partial charge is 0.220 e. The Morgan fingerprint density at radius 1 is 0.291 bits per heavy atom. The Hall–Kier alpha value is -3.74. The lowest BCUT2D eigenvalue weighted by atomic mass is 9.93. The van der Waals surface area contributed by atoms with Crippen LogP contribution in [0.4, 0.5) is 0 Å². The molecule has 782 valence electrons. The number of hydrogen-bond donors (Lipinski definition) is 24. The first-order valence-corrected chi connectivity index (χ1v) is 49.5. The third-order valence-corrected chi connectivity index (χ3v) is 26.2. The molecule has 0 bridgehead atoms. The maximum Gasteiger partial charge on any atom is 0.220 e. The van der Waals surface area contributed by atoms with Crippen LogP contribution in [0.25, 0.3) is 0 Å². The molecule has 7 fully saturated rings. The minimum absolute atomic E-state index is 0.156. The number of aliphatic hydroxyl groups is 20. The summed E-state index contributed by atoms with van der Waals surface area (Å²) < 4.78 is 83.8. The van der Waals surface area contributed by atoms with Crippen molar-refractivity contribution in [3.63, 3.8) is 0 Å². The zero-order chi connectivity index (χ0) is 97.9. The number of nitrogens with one attached hydrogen (secondary N) is 4. The lowest BCUT2D eigenvalue weighted by Crippen LogP contribution is -2.71. The maximum atomic E-state index is 13.7. The zero-order valence-electron chi connectivity index (χ0n) is 78.9. The first-order valence-electron chi connectivity index (χ1n) is 49.5. The van der Waals surface area contributed by atoms with Crippen molar-refractivity contribution in [3.05, 3.63) is 12.2 Å². The van der Waals surface area contributed by atoms with Gasteiger partial charge in [0.15, 0.2) is 44.0 Å². The highest BCUT2D eigenvalue weighted by atomic mass is 16.8. The highest BCUT2D eigenvalue weighted by Gasteiger charge is 2.60. The average molecular weight is 1940 g/mol. The van der Waals surface area contributed by atoms with Crippen molar-refractivity contribution in [2.45, 2.75) is 493 Å². The van der Waals surface area contributed by atoms with E-state index in [9.17, 15) is 121 Å². The molecule has 7 aliphatic rings. The number of unbranched alkanes of at least 4 members (excludes halogenated alkanes) is 33. The molecule has 4 amide bonds. The molecule has 0 spiro atoms. The molecule has 24 N–H and O–H groups in total. The lowest BCUT2D eigenvalue weighted by molar-refractivity contribution is -0.387. The average Bonchev–Trinajstić information content (AvgIpc) is 0.791. The molecule has 7 aliphatic heterocycles. The van der Waals surface area contributed by atoms with Gasteiger partial charge in [0.1, 0.15) is 171 Å². The molecule has 42 heteroatoms. The monoisotopic (exact) mass is 1940 g/mol. The first kappa shape index (κ1) is 117. The molecule has 0 aromatic heterocycles. The van der Waals surface area contributed by atoms with Crippen LogP contribution in [0, 0.1) is 0 Å². The number of carbonyl (C=O) groups excluding carboxylic acids is 4. The Kier molecular flexibility index (Phi) is 55.4.